The van der Waals surface area contributed by atoms with Gasteiger partial charge in [0.25, 0.3) is 0 Å². The van der Waals surface area contributed by atoms with Gasteiger partial charge in [-0.2, -0.15) is 0 Å². The molecule has 0 aliphatic heterocycles. The molecule has 2 heteroatoms. The van der Waals surface area contributed by atoms with Crippen LogP contribution in [-0.4, -0.2) is 6.04 Å². The topological polar surface area (TPSA) is 38.0 Å². The van der Waals surface area contributed by atoms with E-state index >= 15 is 0 Å². The van der Waals surface area contributed by atoms with Crippen molar-refractivity contribution in [2.45, 2.75) is 65.8 Å². The average molecular weight is 274 g/mol. The highest BCUT2D eigenvalue weighted by Gasteiger charge is 2.26. The Morgan fingerprint density at radius 3 is 2.15 bits per heavy atom. The van der Waals surface area contributed by atoms with E-state index in [0.29, 0.717) is 6.04 Å². The highest BCUT2D eigenvalue weighted by Crippen LogP contribution is 2.32. The maximum atomic E-state index is 5.87. The molecule has 0 radical (unpaired) electrons. The maximum absolute atomic E-state index is 5.87. The maximum Gasteiger partial charge on any atom is 0.0279 e. The summed E-state index contributed by atoms with van der Waals surface area (Å²) < 4.78 is 0. The molecule has 20 heavy (non-hydrogen) atoms. The van der Waals surface area contributed by atoms with Crippen LogP contribution in [0.15, 0.2) is 12.1 Å². The molecular weight excluding hydrogens is 244 g/mol. The van der Waals surface area contributed by atoms with Crippen molar-refractivity contribution in [2.24, 2.45) is 17.7 Å². The largest absolute Gasteiger partial charge is 0.271 e. The van der Waals surface area contributed by atoms with E-state index in [4.69, 9.17) is 5.84 Å². The lowest BCUT2D eigenvalue weighted by molar-refractivity contribution is 0.229. The van der Waals surface area contributed by atoms with Crippen LogP contribution in [0.25, 0.3) is 0 Å². The summed E-state index contributed by atoms with van der Waals surface area (Å²) in [5.41, 5.74) is 8.76. The van der Waals surface area contributed by atoms with Crippen LogP contribution in [0.3, 0.4) is 0 Å². The third-order valence-corrected chi connectivity index (χ3v) is 5.11. The van der Waals surface area contributed by atoms with Gasteiger partial charge in [-0.25, -0.2) is 0 Å². The Morgan fingerprint density at radius 2 is 1.65 bits per heavy atom. The van der Waals surface area contributed by atoms with Gasteiger partial charge in [0.05, 0.1) is 0 Å². The molecule has 1 unspecified atom stereocenters. The van der Waals surface area contributed by atoms with Crippen molar-refractivity contribution in [1.82, 2.24) is 5.43 Å². The fourth-order valence-electron chi connectivity index (χ4n) is 3.80. The Morgan fingerprint density at radius 1 is 1.10 bits per heavy atom. The second-order valence-corrected chi connectivity index (χ2v) is 6.87. The van der Waals surface area contributed by atoms with Crippen molar-refractivity contribution in [1.29, 1.82) is 0 Å². The molecule has 1 aromatic rings. The second-order valence-electron chi connectivity index (χ2n) is 6.87. The third-order valence-electron chi connectivity index (χ3n) is 5.11. The first-order valence-electron chi connectivity index (χ1n) is 8.04. The lowest BCUT2D eigenvalue weighted by Gasteiger charge is -2.33. The van der Waals surface area contributed by atoms with Gasteiger partial charge >= 0.3 is 0 Å². The summed E-state index contributed by atoms with van der Waals surface area (Å²) in [6.45, 7) is 9.00. The fraction of sp³-hybridized carbons (Fsp3) is 0.667. The third kappa shape index (κ3) is 3.62. The van der Waals surface area contributed by atoms with Gasteiger partial charge in [-0.1, -0.05) is 37.5 Å². The molecule has 0 aromatic heterocycles. The van der Waals surface area contributed by atoms with E-state index in [2.05, 4.69) is 45.3 Å². The fourth-order valence-corrected chi connectivity index (χ4v) is 3.80. The van der Waals surface area contributed by atoms with Crippen LogP contribution in [0.2, 0.25) is 0 Å². The minimum absolute atomic E-state index is 0.419. The number of aryl methyl sites for hydroxylation is 3. The molecule has 1 saturated carbocycles. The molecule has 2 nitrogen and oxygen atoms in total. The van der Waals surface area contributed by atoms with E-state index in [1.807, 2.05) is 0 Å². The van der Waals surface area contributed by atoms with Gasteiger partial charge in [-0.3, -0.25) is 11.3 Å². The van der Waals surface area contributed by atoms with Crippen molar-refractivity contribution < 1.29 is 0 Å². The predicted molar refractivity (Wildman–Crippen MR) is 86.6 cm³/mol. The standard InChI is InChI=1S/C18H30N2/c1-12-5-7-16(8-6-12)18(20-19)11-17-14(3)9-13(2)10-15(17)4/h9-10,12,16,18,20H,5-8,11,19H2,1-4H3. The quantitative estimate of drug-likeness (QED) is 0.647. The van der Waals surface area contributed by atoms with Gasteiger partial charge in [0.1, 0.15) is 0 Å². The molecule has 2 rings (SSSR count). The summed E-state index contributed by atoms with van der Waals surface area (Å²) >= 11 is 0. The molecule has 0 saturated heterocycles. The van der Waals surface area contributed by atoms with Gasteiger partial charge in [-0.05, 0) is 68.6 Å². The van der Waals surface area contributed by atoms with E-state index in [9.17, 15) is 0 Å². The van der Waals surface area contributed by atoms with E-state index in [1.54, 1.807) is 0 Å². The summed E-state index contributed by atoms with van der Waals surface area (Å²) in [4.78, 5) is 0. The predicted octanol–water partition coefficient (Wildman–Crippen LogP) is 3.81. The Balaban J connectivity index is 2.10. The zero-order valence-electron chi connectivity index (χ0n) is 13.5. The minimum Gasteiger partial charge on any atom is -0.271 e. The SMILES string of the molecule is Cc1cc(C)c(CC(NN)C2CCC(C)CC2)c(C)c1. The molecule has 0 spiro atoms. The molecular formula is C18H30N2. The average Bonchev–Trinajstić information content (AvgIpc) is 2.39. The van der Waals surface area contributed by atoms with Crippen molar-refractivity contribution in [3.8, 4) is 0 Å². The van der Waals surface area contributed by atoms with Crippen LogP contribution in [0.5, 0.6) is 0 Å². The number of nitrogens with two attached hydrogens (primary N) is 1. The first kappa shape index (κ1) is 15.5. The molecule has 112 valence electrons. The zero-order valence-corrected chi connectivity index (χ0v) is 13.5. The highest BCUT2D eigenvalue weighted by molar-refractivity contribution is 5.38. The number of benzene rings is 1. The number of hydrogen-bond acceptors (Lipinski definition) is 2. The van der Waals surface area contributed by atoms with E-state index in [-0.39, 0.29) is 0 Å². The van der Waals surface area contributed by atoms with Gasteiger partial charge in [0.15, 0.2) is 0 Å². The van der Waals surface area contributed by atoms with Crippen LogP contribution in [0.4, 0.5) is 0 Å². The summed E-state index contributed by atoms with van der Waals surface area (Å²) in [6, 6.07) is 5.00. The van der Waals surface area contributed by atoms with Crippen LogP contribution >= 0.6 is 0 Å². The summed E-state index contributed by atoms with van der Waals surface area (Å²) in [5, 5.41) is 0. The van der Waals surface area contributed by atoms with E-state index < -0.39 is 0 Å². The molecule has 3 N–H and O–H groups in total. The van der Waals surface area contributed by atoms with Crippen LogP contribution in [0.1, 0.15) is 54.9 Å². The molecule has 1 atom stereocenters. The number of rotatable bonds is 4. The van der Waals surface area contributed by atoms with Gasteiger partial charge in [0.2, 0.25) is 0 Å². The van der Waals surface area contributed by atoms with Crippen LogP contribution in [0, 0.1) is 32.6 Å². The molecule has 0 amide bonds. The molecule has 1 fully saturated rings. The number of hydrogen-bond donors (Lipinski definition) is 2. The van der Waals surface area contributed by atoms with Crippen LogP contribution in [-0.2, 0) is 6.42 Å². The van der Waals surface area contributed by atoms with Gasteiger partial charge in [0, 0.05) is 6.04 Å². The minimum atomic E-state index is 0.419. The molecule has 1 aromatic carbocycles. The normalized spacial score (nSPS) is 24.6. The Bertz CT molecular complexity index is 422. The summed E-state index contributed by atoms with van der Waals surface area (Å²) in [6.07, 6.45) is 6.41. The van der Waals surface area contributed by atoms with E-state index in [0.717, 1.165) is 18.3 Å². The summed E-state index contributed by atoms with van der Waals surface area (Å²) in [7, 11) is 0. The van der Waals surface area contributed by atoms with Crippen molar-refractivity contribution in [2.75, 3.05) is 0 Å². The number of nitrogens with one attached hydrogen (secondary N) is 1. The summed E-state index contributed by atoms with van der Waals surface area (Å²) in [5.74, 6) is 7.49. The molecule has 1 aliphatic carbocycles. The lowest BCUT2D eigenvalue weighted by Crippen LogP contribution is -2.43. The first-order chi connectivity index (χ1) is 9.51. The van der Waals surface area contributed by atoms with Crippen molar-refractivity contribution >= 4 is 0 Å². The van der Waals surface area contributed by atoms with Crippen molar-refractivity contribution in [3.63, 3.8) is 0 Å². The van der Waals surface area contributed by atoms with Crippen LogP contribution < -0.4 is 11.3 Å². The second kappa shape index (κ2) is 6.73. The smallest absolute Gasteiger partial charge is 0.0279 e. The first-order valence-corrected chi connectivity index (χ1v) is 8.04. The Hall–Kier alpha value is -0.860. The molecule has 0 bridgehead atoms. The Labute approximate surface area is 124 Å². The Kier molecular flexibility index (Phi) is 5.22. The number of hydrazine groups is 1. The monoisotopic (exact) mass is 274 g/mol. The molecule has 0 heterocycles. The van der Waals surface area contributed by atoms with E-state index in [1.165, 1.54) is 47.9 Å². The van der Waals surface area contributed by atoms with Gasteiger partial charge < -0.3 is 0 Å². The highest BCUT2D eigenvalue weighted by atomic mass is 15.2. The molecule has 1 aliphatic rings. The van der Waals surface area contributed by atoms with Crippen molar-refractivity contribution in [3.05, 3.63) is 34.4 Å². The zero-order chi connectivity index (χ0) is 14.7. The van der Waals surface area contributed by atoms with Gasteiger partial charge in [-0.15, -0.1) is 0 Å². The lowest BCUT2D eigenvalue weighted by atomic mass is 9.77.